The van der Waals surface area contributed by atoms with Crippen molar-refractivity contribution in [3.8, 4) is 5.75 Å². The highest BCUT2D eigenvalue weighted by Gasteiger charge is 2.25. The third kappa shape index (κ3) is 2.51. The van der Waals surface area contributed by atoms with Gasteiger partial charge in [0.15, 0.2) is 0 Å². The molecule has 0 saturated carbocycles. The van der Waals surface area contributed by atoms with E-state index in [0.717, 1.165) is 0 Å². The van der Waals surface area contributed by atoms with Gasteiger partial charge >= 0.3 is 0 Å². The standard InChI is InChI=1S/C16H14N2O4/c19-15(17-21)12-6-7-14-13(10-12)18(8-9-22-14)16(20)11-4-2-1-3-5-11/h1-7,10,21H,8-9H2,(H,17,19). The second-order valence-corrected chi connectivity index (χ2v) is 4.79. The van der Waals surface area contributed by atoms with E-state index in [1.165, 1.54) is 12.1 Å². The Kier molecular flexibility index (Phi) is 3.76. The van der Waals surface area contributed by atoms with Crippen LogP contribution in [0.3, 0.4) is 0 Å². The van der Waals surface area contributed by atoms with Crippen molar-refractivity contribution in [1.82, 2.24) is 5.48 Å². The first kappa shape index (κ1) is 14.1. The van der Waals surface area contributed by atoms with E-state index in [1.54, 1.807) is 40.7 Å². The van der Waals surface area contributed by atoms with E-state index in [4.69, 9.17) is 9.94 Å². The van der Waals surface area contributed by atoms with Crippen LogP contribution >= 0.6 is 0 Å². The molecule has 0 aliphatic carbocycles. The van der Waals surface area contributed by atoms with Crippen molar-refractivity contribution < 1.29 is 19.5 Å². The number of rotatable bonds is 2. The summed E-state index contributed by atoms with van der Waals surface area (Å²) in [5, 5.41) is 8.73. The SMILES string of the molecule is O=C(NO)c1ccc2c(c1)N(C(=O)c1ccccc1)CCO2. The minimum Gasteiger partial charge on any atom is -0.490 e. The average molecular weight is 298 g/mol. The predicted octanol–water partition coefficient (Wildman–Crippen LogP) is 1.84. The third-order valence-corrected chi connectivity index (χ3v) is 3.45. The van der Waals surface area contributed by atoms with Gasteiger partial charge in [-0.3, -0.25) is 14.8 Å². The van der Waals surface area contributed by atoms with Crippen LogP contribution in [0.15, 0.2) is 48.5 Å². The molecular formula is C16H14N2O4. The molecule has 1 heterocycles. The summed E-state index contributed by atoms with van der Waals surface area (Å²) in [5.41, 5.74) is 2.91. The first-order chi connectivity index (χ1) is 10.7. The summed E-state index contributed by atoms with van der Waals surface area (Å²) in [5.74, 6) is -0.266. The van der Waals surface area contributed by atoms with Crippen molar-refractivity contribution in [2.24, 2.45) is 0 Å². The highest BCUT2D eigenvalue weighted by atomic mass is 16.5. The molecule has 6 nitrogen and oxygen atoms in total. The Bertz CT molecular complexity index is 715. The Balaban J connectivity index is 1.99. The Morgan fingerprint density at radius 1 is 1.09 bits per heavy atom. The minimum atomic E-state index is -0.638. The topological polar surface area (TPSA) is 78.9 Å². The van der Waals surface area contributed by atoms with Gasteiger partial charge in [-0.15, -0.1) is 0 Å². The second-order valence-electron chi connectivity index (χ2n) is 4.79. The normalized spacial score (nSPS) is 13.0. The number of nitrogens with one attached hydrogen (secondary N) is 1. The molecule has 2 aromatic rings. The number of hydrogen-bond acceptors (Lipinski definition) is 4. The van der Waals surface area contributed by atoms with Crippen molar-refractivity contribution in [3.05, 3.63) is 59.7 Å². The van der Waals surface area contributed by atoms with E-state index in [-0.39, 0.29) is 11.5 Å². The fourth-order valence-electron chi connectivity index (χ4n) is 2.37. The molecule has 2 N–H and O–H groups in total. The lowest BCUT2D eigenvalue weighted by Crippen LogP contribution is -2.38. The van der Waals surface area contributed by atoms with Gasteiger partial charge < -0.3 is 9.64 Å². The van der Waals surface area contributed by atoms with Crippen LogP contribution in [-0.2, 0) is 0 Å². The van der Waals surface area contributed by atoms with Gasteiger partial charge in [0.2, 0.25) is 0 Å². The van der Waals surface area contributed by atoms with Gasteiger partial charge in [-0.1, -0.05) is 18.2 Å². The van der Waals surface area contributed by atoms with Gasteiger partial charge in [0.25, 0.3) is 11.8 Å². The monoisotopic (exact) mass is 298 g/mol. The molecule has 2 amide bonds. The van der Waals surface area contributed by atoms with Crippen molar-refractivity contribution in [3.63, 3.8) is 0 Å². The van der Waals surface area contributed by atoms with Gasteiger partial charge in [-0.25, -0.2) is 5.48 Å². The molecule has 0 saturated heterocycles. The molecule has 0 radical (unpaired) electrons. The van der Waals surface area contributed by atoms with Crippen molar-refractivity contribution >= 4 is 17.5 Å². The minimum absolute atomic E-state index is 0.160. The lowest BCUT2D eigenvalue weighted by Gasteiger charge is -2.30. The zero-order valence-electron chi connectivity index (χ0n) is 11.7. The van der Waals surface area contributed by atoms with E-state index >= 15 is 0 Å². The highest BCUT2D eigenvalue weighted by molar-refractivity contribution is 6.08. The fraction of sp³-hybridized carbons (Fsp3) is 0.125. The molecule has 2 aromatic carbocycles. The first-order valence-corrected chi connectivity index (χ1v) is 6.79. The number of hydroxylamine groups is 1. The summed E-state index contributed by atoms with van der Waals surface area (Å²) >= 11 is 0. The van der Waals surface area contributed by atoms with Crippen LogP contribution in [0.2, 0.25) is 0 Å². The number of anilines is 1. The lowest BCUT2D eigenvalue weighted by molar-refractivity contribution is 0.0706. The summed E-state index contributed by atoms with van der Waals surface area (Å²) < 4.78 is 5.52. The molecule has 0 atom stereocenters. The van der Waals surface area contributed by atoms with Crippen LogP contribution in [0.25, 0.3) is 0 Å². The molecule has 1 aliphatic rings. The Hall–Kier alpha value is -2.86. The van der Waals surface area contributed by atoms with Crippen molar-refractivity contribution in [1.29, 1.82) is 0 Å². The number of benzene rings is 2. The predicted molar refractivity (Wildman–Crippen MR) is 79.3 cm³/mol. The smallest absolute Gasteiger partial charge is 0.274 e. The Labute approximate surface area is 126 Å². The van der Waals surface area contributed by atoms with Gasteiger partial charge in [-0.05, 0) is 30.3 Å². The average Bonchev–Trinajstić information content (AvgIpc) is 2.60. The summed E-state index contributed by atoms with van der Waals surface area (Å²) in [4.78, 5) is 25.7. The zero-order chi connectivity index (χ0) is 15.5. The summed E-state index contributed by atoms with van der Waals surface area (Å²) in [6, 6.07) is 13.6. The van der Waals surface area contributed by atoms with Gasteiger partial charge in [0, 0.05) is 11.1 Å². The van der Waals surface area contributed by atoms with Crippen LogP contribution in [0, 0.1) is 0 Å². The number of ether oxygens (including phenoxy) is 1. The Morgan fingerprint density at radius 3 is 2.59 bits per heavy atom. The van der Waals surface area contributed by atoms with E-state index in [1.807, 2.05) is 6.07 Å². The maximum atomic E-state index is 12.6. The number of hydrogen-bond donors (Lipinski definition) is 2. The number of amides is 2. The zero-order valence-corrected chi connectivity index (χ0v) is 11.7. The number of fused-ring (bicyclic) bond motifs is 1. The fourth-order valence-corrected chi connectivity index (χ4v) is 2.37. The molecule has 22 heavy (non-hydrogen) atoms. The molecule has 112 valence electrons. The van der Waals surface area contributed by atoms with E-state index in [9.17, 15) is 9.59 Å². The molecule has 0 aromatic heterocycles. The van der Waals surface area contributed by atoms with Crippen LogP contribution < -0.4 is 15.1 Å². The summed E-state index contributed by atoms with van der Waals surface area (Å²) in [6.45, 7) is 0.780. The van der Waals surface area contributed by atoms with E-state index in [0.29, 0.717) is 30.2 Å². The molecule has 0 fully saturated rings. The van der Waals surface area contributed by atoms with Crippen LogP contribution in [0.1, 0.15) is 20.7 Å². The molecular weight excluding hydrogens is 284 g/mol. The largest absolute Gasteiger partial charge is 0.490 e. The molecule has 0 bridgehead atoms. The number of nitrogens with zero attached hydrogens (tertiary/aromatic N) is 1. The van der Waals surface area contributed by atoms with E-state index in [2.05, 4.69) is 0 Å². The second kappa shape index (κ2) is 5.87. The quantitative estimate of drug-likeness (QED) is 0.655. The Morgan fingerprint density at radius 2 is 1.86 bits per heavy atom. The number of carbonyl (C=O) groups excluding carboxylic acids is 2. The third-order valence-electron chi connectivity index (χ3n) is 3.45. The summed E-state index contributed by atoms with van der Waals surface area (Å²) in [7, 11) is 0. The van der Waals surface area contributed by atoms with Crippen LogP contribution in [-0.4, -0.2) is 30.2 Å². The first-order valence-electron chi connectivity index (χ1n) is 6.79. The summed E-state index contributed by atoms with van der Waals surface area (Å²) in [6.07, 6.45) is 0. The number of carbonyl (C=O) groups is 2. The van der Waals surface area contributed by atoms with Crippen molar-refractivity contribution in [2.45, 2.75) is 0 Å². The van der Waals surface area contributed by atoms with Crippen LogP contribution in [0.4, 0.5) is 5.69 Å². The van der Waals surface area contributed by atoms with Crippen molar-refractivity contribution in [2.75, 3.05) is 18.1 Å². The van der Waals surface area contributed by atoms with Gasteiger partial charge in [0.1, 0.15) is 12.4 Å². The molecule has 3 rings (SSSR count). The lowest BCUT2D eigenvalue weighted by atomic mass is 10.1. The van der Waals surface area contributed by atoms with Crippen LogP contribution in [0.5, 0.6) is 5.75 Å². The maximum absolute atomic E-state index is 12.6. The molecule has 6 heteroatoms. The maximum Gasteiger partial charge on any atom is 0.274 e. The molecule has 0 unspecified atom stereocenters. The van der Waals surface area contributed by atoms with Gasteiger partial charge in [-0.2, -0.15) is 0 Å². The molecule has 1 aliphatic heterocycles. The van der Waals surface area contributed by atoms with Gasteiger partial charge in [0.05, 0.1) is 12.2 Å². The molecule has 0 spiro atoms. The highest BCUT2D eigenvalue weighted by Crippen LogP contribution is 2.33. The van der Waals surface area contributed by atoms with E-state index < -0.39 is 5.91 Å².